The van der Waals surface area contributed by atoms with Gasteiger partial charge >= 0.3 is 0 Å². The molecule has 2 aliphatic rings. The summed E-state index contributed by atoms with van der Waals surface area (Å²) < 4.78 is 18.3. The van der Waals surface area contributed by atoms with Crippen LogP contribution in [0.3, 0.4) is 0 Å². The molecule has 27 heavy (non-hydrogen) atoms. The van der Waals surface area contributed by atoms with Gasteiger partial charge in [-0.05, 0) is 31.5 Å². The number of hydrogen-bond donors (Lipinski definition) is 0. The molecule has 2 heterocycles. The molecule has 0 N–H and O–H groups in total. The van der Waals surface area contributed by atoms with Gasteiger partial charge in [-0.15, -0.1) is 0 Å². The van der Waals surface area contributed by atoms with Crippen molar-refractivity contribution < 1.29 is 19.0 Å². The number of benzene rings is 1. The summed E-state index contributed by atoms with van der Waals surface area (Å²) in [5.74, 6) is 0.367. The van der Waals surface area contributed by atoms with Crippen LogP contribution in [0.25, 0.3) is 0 Å². The molecular formula is C21H33NO4Si. The van der Waals surface area contributed by atoms with Crippen LogP contribution in [0.15, 0.2) is 42.2 Å². The Bertz CT molecular complexity index is 641. The first kappa shape index (κ1) is 20.5. The van der Waals surface area contributed by atoms with Gasteiger partial charge in [-0.2, -0.15) is 5.06 Å². The predicted molar refractivity (Wildman–Crippen MR) is 109 cm³/mol. The van der Waals surface area contributed by atoms with Gasteiger partial charge in [0.15, 0.2) is 5.79 Å². The summed E-state index contributed by atoms with van der Waals surface area (Å²) in [6.45, 7) is 13.5. The lowest BCUT2D eigenvalue weighted by Gasteiger charge is -2.38. The molecule has 2 aliphatic heterocycles. The van der Waals surface area contributed by atoms with Gasteiger partial charge in [0.1, 0.15) is 17.9 Å². The lowest BCUT2D eigenvalue weighted by atomic mass is 10.1. The summed E-state index contributed by atoms with van der Waals surface area (Å²) in [6, 6.07) is 11.4. The van der Waals surface area contributed by atoms with Gasteiger partial charge in [-0.1, -0.05) is 50.0 Å². The standard InChI is InChI=1S/C21H33NO4Si/c1-21(2)24-16-19(26-21)20-18(23-13-14-27(3,4)5)11-12-25-22(20)15-17-9-7-6-8-10-17/h6-11,19-20H,12-16H2,1-5H3/t19-,20+/m1/s1. The molecule has 0 aliphatic carbocycles. The molecule has 6 heteroatoms. The second kappa shape index (κ2) is 8.45. The van der Waals surface area contributed by atoms with E-state index in [1.807, 2.05) is 43.2 Å². The molecule has 1 aromatic carbocycles. The van der Waals surface area contributed by atoms with Crippen LogP contribution in [-0.4, -0.2) is 50.9 Å². The van der Waals surface area contributed by atoms with Crippen LogP contribution in [-0.2, 0) is 25.6 Å². The molecular weight excluding hydrogens is 358 g/mol. The molecule has 0 saturated carbocycles. The van der Waals surface area contributed by atoms with Crippen LogP contribution in [0.5, 0.6) is 0 Å². The van der Waals surface area contributed by atoms with E-state index in [4.69, 9.17) is 19.0 Å². The lowest BCUT2D eigenvalue weighted by Crippen LogP contribution is -2.49. The zero-order valence-electron chi connectivity index (χ0n) is 17.2. The number of ether oxygens (including phenoxy) is 3. The fraction of sp³-hybridized carbons (Fsp3) is 0.619. The van der Waals surface area contributed by atoms with Gasteiger partial charge in [0.2, 0.25) is 0 Å². The highest BCUT2D eigenvalue weighted by Crippen LogP contribution is 2.32. The van der Waals surface area contributed by atoms with Crippen LogP contribution in [0, 0.1) is 0 Å². The minimum Gasteiger partial charge on any atom is -0.497 e. The summed E-state index contributed by atoms with van der Waals surface area (Å²) in [4.78, 5) is 6.00. The van der Waals surface area contributed by atoms with Crippen LogP contribution in [0.2, 0.25) is 25.7 Å². The van der Waals surface area contributed by atoms with Gasteiger partial charge in [0.05, 0.1) is 26.4 Å². The monoisotopic (exact) mass is 391 g/mol. The van der Waals surface area contributed by atoms with Gasteiger partial charge in [0, 0.05) is 8.07 Å². The minimum atomic E-state index is -1.15. The summed E-state index contributed by atoms with van der Waals surface area (Å²) in [5.41, 5.74) is 1.20. The first-order valence-electron chi connectivity index (χ1n) is 9.82. The third-order valence-electron chi connectivity index (χ3n) is 4.81. The van der Waals surface area contributed by atoms with Gasteiger partial charge in [-0.25, -0.2) is 0 Å². The van der Waals surface area contributed by atoms with E-state index in [0.29, 0.717) is 19.8 Å². The molecule has 0 bridgehead atoms. The smallest absolute Gasteiger partial charge is 0.163 e. The molecule has 1 fully saturated rings. The van der Waals surface area contributed by atoms with Gasteiger partial charge < -0.3 is 14.2 Å². The molecule has 0 aromatic heterocycles. The second-order valence-electron chi connectivity index (χ2n) is 8.93. The average Bonchev–Trinajstić information content (AvgIpc) is 2.94. The van der Waals surface area contributed by atoms with Gasteiger partial charge in [0.25, 0.3) is 0 Å². The Hall–Kier alpha value is -1.18. The third kappa shape index (κ3) is 5.89. The summed E-state index contributed by atoms with van der Waals surface area (Å²) in [6.07, 6.45) is 1.92. The Morgan fingerprint density at radius 2 is 1.93 bits per heavy atom. The van der Waals surface area contributed by atoms with Crippen molar-refractivity contribution >= 4 is 8.07 Å². The van der Waals surface area contributed by atoms with Crippen molar-refractivity contribution in [2.24, 2.45) is 0 Å². The molecule has 1 aromatic rings. The highest BCUT2D eigenvalue weighted by Gasteiger charge is 2.44. The van der Waals surface area contributed by atoms with E-state index in [2.05, 4.69) is 31.8 Å². The maximum atomic E-state index is 6.26. The maximum absolute atomic E-state index is 6.26. The Morgan fingerprint density at radius 1 is 1.19 bits per heavy atom. The molecule has 5 nitrogen and oxygen atoms in total. The van der Waals surface area contributed by atoms with E-state index in [0.717, 1.165) is 18.4 Å². The molecule has 3 rings (SSSR count). The summed E-state index contributed by atoms with van der Waals surface area (Å²) >= 11 is 0. The second-order valence-corrected chi connectivity index (χ2v) is 14.6. The number of rotatable bonds is 7. The Morgan fingerprint density at radius 3 is 2.56 bits per heavy atom. The zero-order valence-corrected chi connectivity index (χ0v) is 18.2. The largest absolute Gasteiger partial charge is 0.497 e. The van der Waals surface area contributed by atoms with Crippen molar-refractivity contribution in [1.29, 1.82) is 0 Å². The molecule has 150 valence electrons. The quantitative estimate of drug-likeness (QED) is 0.652. The van der Waals surface area contributed by atoms with Crippen molar-refractivity contribution in [3.8, 4) is 0 Å². The first-order chi connectivity index (χ1) is 12.7. The molecule has 0 unspecified atom stereocenters. The number of hydroxylamine groups is 2. The predicted octanol–water partition coefficient (Wildman–Crippen LogP) is 4.19. The molecule has 0 spiro atoms. The SMILES string of the molecule is CC1(C)OC[C@H]([C@@H]2C(OCC[Si](C)(C)C)=CCON2Cc2ccccc2)O1. The van der Waals surface area contributed by atoms with E-state index in [1.54, 1.807) is 0 Å². The maximum Gasteiger partial charge on any atom is 0.163 e. The molecule has 1 saturated heterocycles. The topological polar surface area (TPSA) is 40.2 Å². The third-order valence-corrected chi connectivity index (χ3v) is 6.52. The summed E-state index contributed by atoms with van der Waals surface area (Å²) in [7, 11) is -1.15. The van der Waals surface area contributed by atoms with Crippen molar-refractivity contribution in [2.45, 2.75) is 64.0 Å². The molecule has 0 amide bonds. The highest BCUT2D eigenvalue weighted by atomic mass is 28.3. The van der Waals surface area contributed by atoms with E-state index in [1.165, 1.54) is 5.56 Å². The molecule has 2 atom stereocenters. The molecule has 0 radical (unpaired) electrons. The Balaban J connectivity index is 1.75. The van der Waals surface area contributed by atoms with Crippen LogP contribution >= 0.6 is 0 Å². The van der Waals surface area contributed by atoms with E-state index in [9.17, 15) is 0 Å². The fourth-order valence-corrected chi connectivity index (χ4v) is 4.04. The van der Waals surface area contributed by atoms with Crippen LogP contribution in [0.4, 0.5) is 0 Å². The van der Waals surface area contributed by atoms with Crippen LogP contribution < -0.4 is 0 Å². The van der Waals surface area contributed by atoms with Crippen molar-refractivity contribution in [3.63, 3.8) is 0 Å². The zero-order chi connectivity index (χ0) is 19.5. The Labute approximate surface area is 164 Å². The van der Waals surface area contributed by atoms with Crippen molar-refractivity contribution in [1.82, 2.24) is 5.06 Å². The lowest BCUT2D eigenvalue weighted by molar-refractivity contribution is -0.224. The highest BCUT2D eigenvalue weighted by molar-refractivity contribution is 6.76. The van der Waals surface area contributed by atoms with E-state index < -0.39 is 13.9 Å². The first-order valence-corrected chi connectivity index (χ1v) is 13.5. The van der Waals surface area contributed by atoms with Gasteiger partial charge in [-0.3, -0.25) is 4.84 Å². The van der Waals surface area contributed by atoms with Crippen LogP contribution in [0.1, 0.15) is 19.4 Å². The van der Waals surface area contributed by atoms with E-state index >= 15 is 0 Å². The normalized spacial score (nSPS) is 26.0. The minimum absolute atomic E-state index is 0.109. The van der Waals surface area contributed by atoms with E-state index in [-0.39, 0.29) is 12.1 Å². The Kier molecular flexibility index (Phi) is 6.43. The van der Waals surface area contributed by atoms with Crippen molar-refractivity contribution in [2.75, 3.05) is 19.8 Å². The van der Waals surface area contributed by atoms with Crippen molar-refractivity contribution in [3.05, 3.63) is 47.7 Å². The average molecular weight is 392 g/mol. The fourth-order valence-electron chi connectivity index (χ4n) is 3.32. The number of nitrogens with zero attached hydrogens (tertiary/aromatic N) is 1. The number of hydrogen-bond acceptors (Lipinski definition) is 5. The summed E-state index contributed by atoms with van der Waals surface area (Å²) in [5, 5.41) is 1.99.